The number of furan rings is 1. The third kappa shape index (κ3) is 2.28. The van der Waals surface area contributed by atoms with E-state index in [4.69, 9.17) is 4.42 Å². The molecule has 0 fully saturated rings. The monoisotopic (exact) mass is 330 g/mol. The van der Waals surface area contributed by atoms with Gasteiger partial charge in [-0.05, 0) is 43.7 Å². The quantitative estimate of drug-likeness (QED) is 0.725. The molecule has 1 unspecified atom stereocenters. The number of rotatable bonds is 2. The minimum absolute atomic E-state index is 0.618. The lowest BCUT2D eigenvalue weighted by atomic mass is 10.0. The molecule has 1 heterocycles. The van der Waals surface area contributed by atoms with Gasteiger partial charge in [-0.1, -0.05) is 39.7 Å². The summed E-state index contributed by atoms with van der Waals surface area (Å²) in [5.41, 5.74) is 3.83. The zero-order valence-corrected chi connectivity index (χ0v) is 12.9. The molecule has 0 aliphatic carbocycles. The second-order valence-corrected chi connectivity index (χ2v) is 5.96. The lowest BCUT2D eigenvalue weighted by Crippen LogP contribution is -1.99. The molecule has 2 nitrogen and oxygen atoms in total. The summed E-state index contributed by atoms with van der Waals surface area (Å²) in [6, 6.07) is 13.7. The van der Waals surface area contributed by atoms with Gasteiger partial charge < -0.3 is 9.52 Å². The lowest BCUT2D eigenvalue weighted by Gasteiger charge is -2.09. The molecule has 1 atom stereocenters. The molecule has 0 aliphatic heterocycles. The number of hydrogen-bond donors (Lipinski definition) is 1. The molecule has 20 heavy (non-hydrogen) atoms. The number of aliphatic hydroxyl groups excluding tert-OH is 1. The largest absolute Gasteiger partial charge is 0.458 e. The Balaban J connectivity index is 2.09. The van der Waals surface area contributed by atoms with Crippen molar-refractivity contribution in [3.05, 3.63) is 69.4 Å². The zero-order valence-electron chi connectivity index (χ0n) is 11.4. The Hall–Kier alpha value is -1.58. The summed E-state index contributed by atoms with van der Waals surface area (Å²) >= 11 is 3.40. The minimum atomic E-state index is -0.740. The highest BCUT2D eigenvalue weighted by atomic mass is 79.9. The number of hydrogen-bond acceptors (Lipinski definition) is 2. The maximum atomic E-state index is 10.5. The summed E-state index contributed by atoms with van der Waals surface area (Å²) in [6.07, 6.45) is -0.740. The Labute approximate surface area is 126 Å². The fourth-order valence-corrected chi connectivity index (χ4v) is 2.68. The number of benzene rings is 2. The van der Waals surface area contributed by atoms with Crippen LogP contribution in [0.5, 0.6) is 0 Å². The summed E-state index contributed by atoms with van der Waals surface area (Å²) in [4.78, 5) is 0. The predicted molar refractivity (Wildman–Crippen MR) is 83.9 cm³/mol. The third-order valence-electron chi connectivity index (χ3n) is 3.56. The molecule has 0 radical (unpaired) electrons. The normalized spacial score (nSPS) is 12.8. The molecule has 0 aliphatic rings. The Morgan fingerprint density at radius 2 is 1.75 bits per heavy atom. The van der Waals surface area contributed by atoms with Crippen molar-refractivity contribution in [2.24, 2.45) is 0 Å². The van der Waals surface area contributed by atoms with E-state index >= 15 is 0 Å². The highest BCUT2D eigenvalue weighted by Crippen LogP contribution is 2.33. The van der Waals surface area contributed by atoms with E-state index in [0.717, 1.165) is 26.6 Å². The zero-order chi connectivity index (χ0) is 14.3. The van der Waals surface area contributed by atoms with Crippen LogP contribution in [-0.2, 0) is 0 Å². The number of fused-ring (bicyclic) bond motifs is 1. The van der Waals surface area contributed by atoms with E-state index in [1.54, 1.807) is 0 Å². The highest BCUT2D eigenvalue weighted by Gasteiger charge is 2.19. The summed E-state index contributed by atoms with van der Waals surface area (Å²) in [6.45, 7) is 4.04. The summed E-state index contributed by atoms with van der Waals surface area (Å²) in [5.74, 6) is 0.618. The van der Waals surface area contributed by atoms with Gasteiger partial charge in [0.15, 0.2) is 0 Å². The third-order valence-corrected chi connectivity index (χ3v) is 4.09. The van der Waals surface area contributed by atoms with Crippen molar-refractivity contribution in [3.8, 4) is 0 Å². The fourth-order valence-electron chi connectivity index (χ4n) is 2.41. The summed E-state index contributed by atoms with van der Waals surface area (Å²) in [7, 11) is 0. The van der Waals surface area contributed by atoms with Crippen LogP contribution < -0.4 is 0 Å². The molecule has 102 valence electrons. The molecule has 0 spiro atoms. The van der Waals surface area contributed by atoms with Crippen LogP contribution in [0.1, 0.15) is 28.6 Å². The number of halogens is 1. The highest BCUT2D eigenvalue weighted by molar-refractivity contribution is 9.10. The fraction of sp³-hybridized carbons (Fsp3) is 0.176. The Bertz CT molecular complexity index is 757. The van der Waals surface area contributed by atoms with Gasteiger partial charge in [-0.25, -0.2) is 0 Å². The van der Waals surface area contributed by atoms with Crippen LogP contribution in [0.15, 0.2) is 51.4 Å². The molecular weight excluding hydrogens is 316 g/mol. The average Bonchev–Trinajstić information content (AvgIpc) is 2.76. The summed E-state index contributed by atoms with van der Waals surface area (Å²) in [5, 5.41) is 11.6. The molecule has 3 heteroatoms. The topological polar surface area (TPSA) is 33.4 Å². The van der Waals surface area contributed by atoms with Crippen molar-refractivity contribution in [2.75, 3.05) is 0 Å². The van der Waals surface area contributed by atoms with E-state index in [1.807, 2.05) is 43.3 Å². The first-order chi connectivity index (χ1) is 9.56. The van der Waals surface area contributed by atoms with Crippen LogP contribution in [0, 0.1) is 13.8 Å². The Kier molecular flexibility index (Phi) is 3.40. The van der Waals surface area contributed by atoms with Gasteiger partial charge in [0.05, 0.1) is 0 Å². The summed E-state index contributed by atoms with van der Waals surface area (Å²) < 4.78 is 6.83. The Morgan fingerprint density at radius 1 is 1.05 bits per heavy atom. The SMILES string of the molecule is Cc1ccc2oc(C(O)c3ccc(Br)cc3)c(C)c2c1. The Morgan fingerprint density at radius 3 is 2.45 bits per heavy atom. The maximum Gasteiger partial charge on any atom is 0.141 e. The van der Waals surface area contributed by atoms with Gasteiger partial charge >= 0.3 is 0 Å². The molecule has 3 aromatic rings. The molecular formula is C17H15BrO2. The molecule has 0 saturated heterocycles. The standard InChI is InChI=1S/C17H15BrO2/c1-10-3-8-15-14(9-10)11(2)17(20-15)16(19)12-4-6-13(18)7-5-12/h3-9,16,19H,1-2H3. The van der Waals surface area contributed by atoms with E-state index in [-0.39, 0.29) is 0 Å². The van der Waals surface area contributed by atoms with Crippen LogP contribution in [0.3, 0.4) is 0 Å². The van der Waals surface area contributed by atoms with Crippen LogP contribution in [-0.4, -0.2) is 5.11 Å². The van der Waals surface area contributed by atoms with Crippen LogP contribution in [0.4, 0.5) is 0 Å². The average molecular weight is 331 g/mol. The van der Waals surface area contributed by atoms with Crippen molar-refractivity contribution >= 4 is 26.9 Å². The van der Waals surface area contributed by atoms with Crippen molar-refractivity contribution in [1.29, 1.82) is 0 Å². The van der Waals surface area contributed by atoms with Crippen molar-refractivity contribution in [1.82, 2.24) is 0 Å². The first-order valence-corrected chi connectivity index (χ1v) is 7.29. The van der Waals surface area contributed by atoms with Crippen LogP contribution >= 0.6 is 15.9 Å². The van der Waals surface area contributed by atoms with Gasteiger partial charge in [0.1, 0.15) is 17.4 Å². The van der Waals surface area contributed by atoms with Crippen molar-refractivity contribution in [2.45, 2.75) is 20.0 Å². The molecule has 2 aromatic carbocycles. The molecule has 0 saturated carbocycles. The van der Waals surface area contributed by atoms with E-state index in [9.17, 15) is 5.11 Å². The van der Waals surface area contributed by atoms with E-state index < -0.39 is 6.10 Å². The van der Waals surface area contributed by atoms with Gasteiger partial charge in [-0.15, -0.1) is 0 Å². The van der Waals surface area contributed by atoms with Crippen molar-refractivity contribution < 1.29 is 9.52 Å². The van der Waals surface area contributed by atoms with Gasteiger partial charge in [0.25, 0.3) is 0 Å². The molecule has 1 N–H and O–H groups in total. The van der Waals surface area contributed by atoms with Gasteiger partial charge in [-0.2, -0.15) is 0 Å². The molecule has 0 amide bonds. The van der Waals surface area contributed by atoms with Gasteiger partial charge in [0.2, 0.25) is 0 Å². The lowest BCUT2D eigenvalue weighted by molar-refractivity contribution is 0.191. The second-order valence-electron chi connectivity index (χ2n) is 5.05. The predicted octanol–water partition coefficient (Wildman–Crippen LogP) is 4.89. The van der Waals surface area contributed by atoms with Crippen molar-refractivity contribution in [3.63, 3.8) is 0 Å². The van der Waals surface area contributed by atoms with E-state index in [2.05, 4.69) is 28.9 Å². The van der Waals surface area contributed by atoms with E-state index in [0.29, 0.717) is 5.76 Å². The molecule has 0 bridgehead atoms. The van der Waals surface area contributed by atoms with E-state index in [1.165, 1.54) is 5.56 Å². The number of aryl methyl sites for hydroxylation is 2. The van der Waals surface area contributed by atoms with Gasteiger partial charge in [-0.3, -0.25) is 0 Å². The second kappa shape index (κ2) is 5.08. The maximum absolute atomic E-state index is 10.5. The minimum Gasteiger partial charge on any atom is -0.458 e. The number of aliphatic hydroxyl groups is 1. The van der Waals surface area contributed by atoms with Crippen LogP contribution in [0.2, 0.25) is 0 Å². The molecule has 3 rings (SSSR count). The van der Waals surface area contributed by atoms with Gasteiger partial charge in [0, 0.05) is 15.4 Å². The smallest absolute Gasteiger partial charge is 0.141 e. The molecule has 1 aromatic heterocycles. The first-order valence-electron chi connectivity index (χ1n) is 6.49. The first kappa shape index (κ1) is 13.4. The van der Waals surface area contributed by atoms with Crippen LogP contribution in [0.25, 0.3) is 11.0 Å².